The minimum Gasteiger partial charge on any atom is -0.455 e. The van der Waals surface area contributed by atoms with E-state index < -0.39 is 0 Å². The Labute approximate surface area is 614 Å². The molecule has 20 aromatic rings. The van der Waals surface area contributed by atoms with Gasteiger partial charge in [0.25, 0.3) is 0 Å². The topological polar surface area (TPSA) is 32.8 Å². The van der Waals surface area contributed by atoms with Crippen LogP contribution in [0.1, 0.15) is 0 Å². The summed E-state index contributed by atoms with van der Waals surface area (Å²) in [5.74, 6) is 0. The van der Waals surface area contributed by atoms with Gasteiger partial charge < -0.3 is 18.6 Å². The maximum Gasteiger partial charge on any atom is 0.143 e. The lowest BCUT2D eigenvalue weighted by molar-refractivity contribution is 0.672. The van der Waals surface area contributed by atoms with Crippen molar-refractivity contribution < 1.29 is 8.83 Å². The van der Waals surface area contributed by atoms with Gasteiger partial charge in [0.15, 0.2) is 0 Å². The van der Waals surface area contributed by atoms with Gasteiger partial charge in [-0.2, -0.15) is 0 Å². The van der Waals surface area contributed by atoms with Crippen LogP contribution in [0.25, 0.3) is 165 Å². The number of nitrogens with zero attached hydrogens (tertiary/aromatic N) is 2. The van der Waals surface area contributed by atoms with Crippen LogP contribution >= 0.6 is 0 Å². The summed E-state index contributed by atoms with van der Waals surface area (Å²) in [6.45, 7) is 0. The van der Waals surface area contributed by atoms with Gasteiger partial charge in [0.2, 0.25) is 0 Å². The summed E-state index contributed by atoms with van der Waals surface area (Å²) in [6, 6.07) is 145. The second kappa shape index (κ2) is 26.1. The Kier molecular flexibility index (Phi) is 15.2. The fourth-order valence-electron chi connectivity index (χ4n) is 16.1. The predicted octanol–water partition coefficient (Wildman–Crippen LogP) is 29.2. The second-order valence-corrected chi connectivity index (χ2v) is 27.4. The Bertz CT molecular complexity index is 6710. The van der Waals surface area contributed by atoms with Crippen molar-refractivity contribution in [1.82, 2.24) is 0 Å². The molecule has 106 heavy (non-hydrogen) atoms. The molecule has 0 radical (unpaired) electrons. The molecule has 20 rings (SSSR count). The molecule has 4 nitrogen and oxygen atoms in total. The van der Waals surface area contributed by atoms with E-state index in [4.69, 9.17) is 8.83 Å². The van der Waals surface area contributed by atoms with E-state index in [1.165, 1.54) is 38.2 Å². The van der Waals surface area contributed by atoms with Crippen molar-refractivity contribution in [3.05, 3.63) is 400 Å². The van der Waals surface area contributed by atoms with Gasteiger partial charge in [-0.3, -0.25) is 0 Å². The molecule has 0 saturated heterocycles. The summed E-state index contributed by atoms with van der Waals surface area (Å²) < 4.78 is 13.2. The Morgan fingerprint density at radius 2 is 0.528 bits per heavy atom. The zero-order valence-electron chi connectivity index (χ0n) is 57.8. The van der Waals surface area contributed by atoms with Crippen LogP contribution in [-0.4, -0.2) is 0 Å². The van der Waals surface area contributed by atoms with Crippen LogP contribution < -0.4 is 9.80 Å². The van der Waals surface area contributed by atoms with E-state index in [0.717, 1.165) is 161 Å². The van der Waals surface area contributed by atoms with Gasteiger partial charge in [-0.1, -0.05) is 297 Å². The molecule has 0 fully saturated rings. The van der Waals surface area contributed by atoms with Crippen molar-refractivity contribution in [2.75, 3.05) is 9.80 Å². The molecule has 0 N–H and O–H groups in total. The van der Waals surface area contributed by atoms with Crippen LogP contribution in [-0.2, 0) is 0 Å². The zero-order chi connectivity index (χ0) is 70.0. The van der Waals surface area contributed by atoms with Gasteiger partial charge in [0.1, 0.15) is 22.3 Å². The minimum absolute atomic E-state index is 0.886. The van der Waals surface area contributed by atoms with Gasteiger partial charge in [0, 0.05) is 66.1 Å². The summed E-state index contributed by atoms with van der Waals surface area (Å²) in [5.41, 5.74) is 28.5. The highest BCUT2D eigenvalue weighted by Gasteiger charge is 2.22. The molecule has 0 saturated carbocycles. The van der Waals surface area contributed by atoms with Crippen LogP contribution in [0.5, 0.6) is 0 Å². The molecule has 496 valence electrons. The van der Waals surface area contributed by atoms with E-state index in [9.17, 15) is 0 Å². The van der Waals surface area contributed by atoms with Gasteiger partial charge >= 0.3 is 0 Å². The van der Waals surface area contributed by atoms with Gasteiger partial charge in [0.05, 0.1) is 5.69 Å². The summed E-state index contributed by atoms with van der Waals surface area (Å²) in [6.07, 6.45) is 0. The lowest BCUT2D eigenvalue weighted by Gasteiger charge is -2.27. The predicted molar refractivity (Wildman–Crippen MR) is 446 cm³/mol. The molecule has 2 aromatic heterocycles. The Morgan fingerprint density at radius 3 is 1.08 bits per heavy atom. The molecule has 2 heterocycles. The minimum atomic E-state index is 0.886. The highest BCUT2D eigenvalue weighted by atomic mass is 16.3. The largest absolute Gasteiger partial charge is 0.455 e. The lowest BCUT2D eigenvalue weighted by Crippen LogP contribution is -2.10. The Morgan fingerprint density at radius 1 is 0.170 bits per heavy atom. The van der Waals surface area contributed by atoms with Crippen molar-refractivity contribution in [2.45, 2.75) is 0 Å². The molecule has 0 bridgehead atoms. The van der Waals surface area contributed by atoms with Crippen LogP contribution in [0.15, 0.2) is 409 Å². The highest BCUT2D eigenvalue weighted by Crippen LogP contribution is 2.47. The van der Waals surface area contributed by atoms with E-state index in [0.29, 0.717) is 0 Å². The van der Waals surface area contributed by atoms with Crippen molar-refractivity contribution in [3.8, 4) is 89.0 Å². The fourth-order valence-corrected chi connectivity index (χ4v) is 16.1. The molecular formula is C102H66N2O2. The van der Waals surface area contributed by atoms with Gasteiger partial charge in [-0.25, -0.2) is 0 Å². The summed E-state index contributed by atoms with van der Waals surface area (Å²) in [4.78, 5) is 4.75. The lowest BCUT2D eigenvalue weighted by atomic mass is 9.89. The first-order valence-electron chi connectivity index (χ1n) is 36.3. The molecule has 0 spiro atoms. The first kappa shape index (κ1) is 61.8. The van der Waals surface area contributed by atoms with Gasteiger partial charge in [-0.15, -0.1) is 0 Å². The van der Waals surface area contributed by atoms with Crippen molar-refractivity contribution >= 4 is 110 Å². The molecule has 0 aliphatic carbocycles. The third-order valence-electron chi connectivity index (χ3n) is 21.3. The van der Waals surface area contributed by atoms with E-state index in [2.05, 4.69) is 410 Å². The van der Waals surface area contributed by atoms with E-state index in [1.807, 2.05) is 0 Å². The quantitative estimate of drug-likeness (QED) is 0.109. The normalized spacial score (nSPS) is 11.6. The number of anilines is 6. The van der Waals surface area contributed by atoms with E-state index >= 15 is 0 Å². The number of fused-ring (bicyclic) bond motifs is 11. The Hall–Kier alpha value is -14.1. The third kappa shape index (κ3) is 11.0. The number of hydrogen-bond donors (Lipinski definition) is 0. The molecule has 0 aliphatic rings. The molecule has 0 amide bonds. The monoisotopic (exact) mass is 1350 g/mol. The number of benzene rings is 18. The highest BCUT2D eigenvalue weighted by molar-refractivity contribution is 6.20. The number of furan rings is 2. The van der Waals surface area contributed by atoms with Crippen molar-refractivity contribution in [1.29, 1.82) is 0 Å². The van der Waals surface area contributed by atoms with E-state index in [-0.39, 0.29) is 0 Å². The Balaban J connectivity index is 0.589. The first-order chi connectivity index (χ1) is 52.5. The summed E-state index contributed by atoms with van der Waals surface area (Å²) in [7, 11) is 0. The molecule has 0 aliphatic heterocycles. The average molecular weight is 1350 g/mol. The van der Waals surface area contributed by atoms with Crippen LogP contribution in [0.4, 0.5) is 34.1 Å². The first-order valence-corrected chi connectivity index (χ1v) is 36.3. The summed E-state index contributed by atoms with van der Waals surface area (Å²) >= 11 is 0. The molecule has 18 aromatic carbocycles. The number of rotatable bonds is 14. The second-order valence-electron chi connectivity index (χ2n) is 27.4. The molecule has 4 heteroatoms. The van der Waals surface area contributed by atoms with Crippen LogP contribution in [0.2, 0.25) is 0 Å². The van der Waals surface area contributed by atoms with Crippen molar-refractivity contribution in [3.63, 3.8) is 0 Å². The summed E-state index contributed by atoms with van der Waals surface area (Å²) in [5, 5.41) is 11.5. The average Bonchev–Trinajstić information content (AvgIpc) is 1.60. The molecule has 0 atom stereocenters. The van der Waals surface area contributed by atoms with Crippen LogP contribution in [0, 0.1) is 0 Å². The molecular weight excluding hydrogens is 1290 g/mol. The molecule has 0 unspecified atom stereocenters. The maximum atomic E-state index is 6.62. The number of hydrogen-bond acceptors (Lipinski definition) is 4. The zero-order valence-corrected chi connectivity index (χ0v) is 57.8. The maximum absolute atomic E-state index is 6.62. The van der Waals surface area contributed by atoms with E-state index in [1.54, 1.807) is 0 Å². The van der Waals surface area contributed by atoms with Crippen LogP contribution in [0.3, 0.4) is 0 Å². The standard InChI is InChI=1S/C102H66N2O2/c1-3-18-67(19-4-1)79-27-14-29-86(65-79)103(83-57-46-76(47-58-83)89-33-16-36-97-99(89)93-62-50-74-23-8-11-31-91(74)101(93)105-97)82-53-42-69(43-54-82)68-38-40-70(41-39-68)78-26-13-28-81(64-78)87-61-52-80(66-95(87)73-20-5-2-6-21-73)71-44-55-84(56-45-71)104(96-35-15-25-72-22-7-10-30-88(72)96)85-59-48-77(49-60-85)90-34-17-37-98-100(90)94-63-51-75-24-9-12-32-92(75)102(94)106-98/h1-66H. The smallest absolute Gasteiger partial charge is 0.143 e. The van der Waals surface area contributed by atoms with Gasteiger partial charge in [-0.05, 0) is 208 Å². The fraction of sp³-hybridized carbons (Fsp3) is 0. The van der Waals surface area contributed by atoms with Crippen molar-refractivity contribution in [2.24, 2.45) is 0 Å². The third-order valence-corrected chi connectivity index (χ3v) is 21.3. The SMILES string of the molecule is c1ccc(-c2cccc(N(c3ccc(-c4ccc(-c5cccc(-c6ccc(-c7ccc(N(c8ccc(-c9cccc%10oc%11c%12ccccc%12ccc%11c9%10)cc8)c8cccc9ccccc89)cc7)cc6-c6ccccc6)c5)cc4)cc3)c3ccc(-c4cccc5oc6c7ccccc7ccc6c45)cc3)c2)cc1.